The first-order valence-corrected chi connectivity index (χ1v) is 12.8. The van der Waals surface area contributed by atoms with Crippen molar-refractivity contribution in [3.05, 3.63) is 39.2 Å². The van der Waals surface area contributed by atoms with Gasteiger partial charge in [0.05, 0.1) is 17.5 Å². The number of aryl methyl sites for hydroxylation is 2. The molecule has 1 aromatic heterocycles. The van der Waals surface area contributed by atoms with Gasteiger partial charge in [-0.2, -0.15) is 0 Å². The van der Waals surface area contributed by atoms with Crippen LogP contribution in [0.5, 0.6) is 5.75 Å². The largest absolute Gasteiger partial charge is 0.483 e. The Balaban J connectivity index is 1.21. The van der Waals surface area contributed by atoms with Crippen LogP contribution in [0.3, 0.4) is 0 Å². The minimum atomic E-state index is -0.638. The standard InChI is InChI=1S/C27H34N2O6/c1-17-12-21(25-19-7-2-3-8-20(19)26(32)35-22(25)13-17)34-16-23(30)28-14-24(31)29-11-10-27(33)9-5-4-6-18(27)15-29/h12-13,18,33H,2-11,14-16H2,1H3,(H,28,30). The highest BCUT2D eigenvalue weighted by Gasteiger charge is 2.43. The summed E-state index contributed by atoms with van der Waals surface area (Å²) in [5.74, 6) is 0.123. The van der Waals surface area contributed by atoms with E-state index in [4.69, 9.17) is 9.15 Å². The summed E-state index contributed by atoms with van der Waals surface area (Å²) in [6.07, 6.45) is 7.91. The minimum Gasteiger partial charge on any atom is -0.483 e. The zero-order valence-corrected chi connectivity index (χ0v) is 20.4. The summed E-state index contributed by atoms with van der Waals surface area (Å²) in [4.78, 5) is 39.4. The van der Waals surface area contributed by atoms with E-state index >= 15 is 0 Å². The number of carbonyl (C=O) groups is 2. The summed E-state index contributed by atoms with van der Waals surface area (Å²) in [6.45, 7) is 2.63. The van der Waals surface area contributed by atoms with Crippen LogP contribution < -0.4 is 15.7 Å². The van der Waals surface area contributed by atoms with Crippen molar-refractivity contribution in [3.63, 3.8) is 0 Å². The SMILES string of the molecule is Cc1cc(OCC(=O)NCC(=O)N2CCC3(O)CCCCC3C2)c2c3c(c(=O)oc2c1)CCCC3. The Morgan fingerprint density at radius 3 is 2.80 bits per heavy atom. The second kappa shape index (κ2) is 9.64. The number of hydrogen-bond donors (Lipinski definition) is 2. The average molecular weight is 483 g/mol. The Kier molecular flexibility index (Phi) is 6.57. The number of piperidine rings is 1. The molecule has 0 bridgehead atoms. The lowest BCUT2D eigenvalue weighted by atomic mass is 9.71. The average Bonchev–Trinajstić information content (AvgIpc) is 2.85. The molecule has 1 aliphatic heterocycles. The number of likely N-dealkylation sites (tertiary alicyclic amines) is 1. The molecule has 0 spiro atoms. The van der Waals surface area contributed by atoms with Gasteiger partial charge in [-0.05, 0) is 75.1 Å². The number of hydrogen-bond acceptors (Lipinski definition) is 6. The van der Waals surface area contributed by atoms with Gasteiger partial charge in [-0.1, -0.05) is 12.8 Å². The van der Waals surface area contributed by atoms with Crippen LogP contribution in [0.15, 0.2) is 21.3 Å². The highest BCUT2D eigenvalue weighted by molar-refractivity contribution is 5.89. The number of fused-ring (bicyclic) bond motifs is 4. The molecule has 2 heterocycles. The lowest BCUT2D eigenvalue weighted by Crippen LogP contribution is -2.56. The molecule has 2 amide bonds. The molecule has 8 heteroatoms. The van der Waals surface area contributed by atoms with Crippen LogP contribution in [-0.2, 0) is 22.4 Å². The second-order valence-corrected chi connectivity index (χ2v) is 10.4. The highest BCUT2D eigenvalue weighted by atomic mass is 16.5. The molecule has 2 atom stereocenters. The summed E-state index contributed by atoms with van der Waals surface area (Å²) in [5, 5.41) is 14.3. The third-order valence-corrected chi connectivity index (χ3v) is 8.00. The van der Waals surface area contributed by atoms with E-state index in [1.54, 1.807) is 4.90 Å². The predicted molar refractivity (Wildman–Crippen MR) is 130 cm³/mol. The molecule has 0 radical (unpaired) electrons. The van der Waals surface area contributed by atoms with E-state index < -0.39 is 5.60 Å². The van der Waals surface area contributed by atoms with Crippen LogP contribution in [0, 0.1) is 12.8 Å². The number of rotatable bonds is 5. The Labute approximate surface area is 204 Å². The van der Waals surface area contributed by atoms with Crippen LogP contribution in [0.25, 0.3) is 11.0 Å². The van der Waals surface area contributed by atoms with E-state index in [0.717, 1.165) is 61.5 Å². The second-order valence-electron chi connectivity index (χ2n) is 10.4. The maximum Gasteiger partial charge on any atom is 0.339 e. The van der Waals surface area contributed by atoms with Crippen LogP contribution in [0.1, 0.15) is 61.6 Å². The van der Waals surface area contributed by atoms with Crippen molar-refractivity contribution >= 4 is 22.8 Å². The van der Waals surface area contributed by atoms with Crippen molar-refractivity contribution in [1.82, 2.24) is 10.2 Å². The first-order valence-electron chi connectivity index (χ1n) is 12.8. The predicted octanol–water partition coefficient (Wildman–Crippen LogP) is 2.63. The molecule has 1 aromatic carbocycles. The van der Waals surface area contributed by atoms with Crippen molar-refractivity contribution < 1.29 is 23.8 Å². The fourth-order valence-electron chi connectivity index (χ4n) is 6.06. The van der Waals surface area contributed by atoms with Crippen LogP contribution in [-0.4, -0.2) is 53.7 Å². The topological polar surface area (TPSA) is 109 Å². The lowest BCUT2D eigenvalue weighted by molar-refractivity contribution is -0.143. The van der Waals surface area contributed by atoms with Crippen molar-refractivity contribution in [2.45, 2.75) is 70.3 Å². The molecular weight excluding hydrogens is 448 g/mol. The van der Waals surface area contributed by atoms with Gasteiger partial charge in [-0.25, -0.2) is 4.79 Å². The Hall–Kier alpha value is -2.87. The molecule has 2 aromatic rings. The Morgan fingerprint density at radius 2 is 1.97 bits per heavy atom. The molecule has 2 N–H and O–H groups in total. The molecule has 35 heavy (non-hydrogen) atoms. The maximum atomic E-state index is 12.7. The fourth-order valence-corrected chi connectivity index (χ4v) is 6.06. The minimum absolute atomic E-state index is 0.0911. The summed E-state index contributed by atoms with van der Waals surface area (Å²) in [5.41, 5.74) is 2.09. The summed E-state index contributed by atoms with van der Waals surface area (Å²) in [7, 11) is 0. The number of nitrogens with zero attached hydrogens (tertiary/aromatic N) is 1. The molecule has 3 aliphatic rings. The number of ether oxygens (including phenoxy) is 1. The molecule has 1 saturated heterocycles. The van der Waals surface area contributed by atoms with Gasteiger partial charge in [-0.3, -0.25) is 9.59 Å². The number of nitrogens with one attached hydrogen (secondary N) is 1. The van der Waals surface area contributed by atoms with E-state index in [9.17, 15) is 19.5 Å². The number of benzene rings is 1. The molecule has 8 nitrogen and oxygen atoms in total. The normalized spacial score (nSPS) is 23.9. The van der Waals surface area contributed by atoms with Crippen molar-refractivity contribution in [1.29, 1.82) is 0 Å². The zero-order chi connectivity index (χ0) is 24.6. The van der Waals surface area contributed by atoms with Gasteiger partial charge < -0.3 is 24.5 Å². The van der Waals surface area contributed by atoms with Crippen molar-refractivity contribution in [3.8, 4) is 5.75 Å². The molecule has 2 unspecified atom stereocenters. The summed E-state index contributed by atoms with van der Waals surface area (Å²) >= 11 is 0. The van der Waals surface area contributed by atoms with Gasteiger partial charge >= 0.3 is 5.63 Å². The monoisotopic (exact) mass is 482 g/mol. The van der Waals surface area contributed by atoms with Gasteiger partial charge in [0.2, 0.25) is 5.91 Å². The smallest absolute Gasteiger partial charge is 0.339 e. The molecule has 188 valence electrons. The Bertz CT molecular complexity index is 1200. The first kappa shape index (κ1) is 23.9. The third-order valence-electron chi connectivity index (χ3n) is 8.00. The zero-order valence-electron chi connectivity index (χ0n) is 20.4. The molecule has 2 fully saturated rings. The van der Waals surface area contributed by atoms with Crippen LogP contribution in [0.4, 0.5) is 0 Å². The third kappa shape index (κ3) is 4.81. The number of amides is 2. The number of aliphatic hydroxyl groups is 1. The summed E-state index contributed by atoms with van der Waals surface area (Å²) < 4.78 is 11.5. The first-order chi connectivity index (χ1) is 16.8. The van der Waals surface area contributed by atoms with E-state index in [1.165, 1.54) is 0 Å². The van der Waals surface area contributed by atoms with Gasteiger partial charge in [0.1, 0.15) is 11.3 Å². The van der Waals surface area contributed by atoms with Gasteiger partial charge in [0.15, 0.2) is 6.61 Å². The number of carbonyl (C=O) groups excluding carboxylic acids is 2. The summed E-state index contributed by atoms with van der Waals surface area (Å²) in [6, 6.07) is 3.68. The van der Waals surface area contributed by atoms with Crippen molar-refractivity contribution in [2.24, 2.45) is 5.92 Å². The van der Waals surface area contributed by atoms with E-state index in [1.807, 2.05) is 19.1 Å². The van der Waals surface area contributed by atoms with Gasteiger partial charge in [-0.15, -0.1) is 0 Å². The maximum absolute atomic E-state index is 12.7. The van der Waals surface area contributed by atoms with Crippen LogP contribution >= 0.6 is 0 Å². The van der Waals surface area contributed by atoms with E-state index in [0.29, 0.717) is 42.8 Å². The van der Waals surface area contributed by atoms with Crippen LogP contribution in [0.2, 0.25) is 0 Å². The van der Waals surface area contributed by atoms with E-state index in [-0.39, 0.29) is 36.5 Å². The fraction of sp³-hybridized carbons (Fsp3) is 0.593. The highest BCUT2D eigenvalue weighted by Crippen LogP contribution is 2.39. The van der Waals surface area contributed by atoms with Gasteiger partial charge in [0.25, 0.3) is 5.91 Å². The lowest BCUT2D eigenvalue weighted by Gasteiger charge is -2.47. The van der Waals surface area contributed by atoms with Gasteiger partial charge in [0, 0.05) is 24.6 Å². The van der Waals surface area contributed by atoms with Crippen molar-refractivity contribution in [2.75, 3.05) is 26.2 Å². The quantitative estimate of drug-likeness (QED) is 0.634. The van der Waals surface area contributed by atoms with E-state index in [2.05, 4.69) is 5.32 Å². The molecule has 5 rings (SSSR count). The molecular formula is C27H34N2O6. The molecule has 1 saturated carbocycles. The molecule has 2 aliphatic carbocycles. The Morgan fingerprint density at radius 1 is 1.17 bits per heavy atom.